The van der Waals surface area contributed by atoms with E-state index in [0.717, 1.165) is 0 Å². The number of halogens is 1. The second kappa shape index (κ2) is 2.75. The third-order valence-electron chi connectivity index (χ3n) is 1.02. The Morgan fingerprint density at radius 1 is 1.70 bits per heavy atom. The molecule has 0 saturated carbocycles. The third kappa shape index (κ3) is 1.30. The number of hydrogen-bond acceptors (Lipinski definition) is 3. The van der Waals surface area contributed by atoms with Gasteiger partial charge in [-0.3, -0.25) is 4.79 Å². The molecule has 0 atom stereocenters. The van der Waals surface area contributed by atoms with Gasteiger partial charge >= 0.3 is 0 Å². The van der Waals surface area contributed by atoms with Crippen LogP contribution in [0.25, 0.3) is 0 Å². The average molecular weight is 157 g/mol. The van der Waals surface area contributed by atoms with Gasteiger partial charge in [0, 0.05) is 6.20 Å². The first-order valence-electron chi connectivity index (χ1n) is 2.68. The molecule has 1 aromatic heterocycles. The van der Waals surface area contributed by atoms with Crippen molar-refractivity contribution in [2.24, 2.45) is 0 Å². The summed E-state index contributed by atoms with van der Waals surface area (Å²) in [5, 5.41) is 0.211. The van der Waals surface area contributed by atoms with Crippen LogP contribution in [0, 0.1) is 6.92 Å². The largest absolute Gasteiger partial charge is 0.298 e. The Kier molecular flexibility index (Phi) is 1.97. The summed E-state index contributed by atoms with van der Waals surface area (Å²) in [6.45, 7) is 1.71. The lowest BCUT2D eigenvalue weighted by atomic mass is 10.4. The molecule has 0 saturated heterocycles. The fourth-order valence-electron chi connectivity index (χ4n) is 0.531. The number of nitrogens with zero attached hydrogens (tertiary/aromatic N) is 2. The number of rotatable bonds is 1. The minimum absolute atomic E-state index is 0.211. The SMILES string of the molecule is Cc1ncc(C=O)c(Cl)n1. The van der Waals surface area contributed by atoms with Gasteiger partial charge in [0.1, 0.15) is 11.0 Å². The Morgan fingerprint density at radius 2 is 2.40 bits per heavy atom. The average Bonchev–Trinajstić information content (AvgIpc) is 1.88. The van der Waals surface area contributed by atoms with Crippen molar-refractivity contribution in [2.45, 2.75) is 6.92 Å². The summed E-state index contributed by atoms with van der Waals surface area (Å²) < 4.78 is 0. The zero-order valence-electron chi connectivity index (χ0n) is 5.34. The Bertz CT molecular complexity index is 262. The molecule has 0 aliphatic carbocycles. The summed E-state index contributed by atoms with van der Waals surface area (Å²) in [6.07, 6.45) is 2.03. The van der Waals surface area contributed by atoms with E-state index in [2.05, 4.69) is 9.97 Å². The molecule has 52 valence electrons. The normalized spacial score (nSPS) is 9.40. The lowest BCUT2D eigenvalue weighted by molar-refractivity contribution is 0.112. The molecule has 0 aromatic carbocycles. The van der Waals surface area contributed by atoms with E-state index in [9.17, 15) is 4.79 Å². The summed E-state index contributed by atoms with van der Waals surface area (Å²) in [5.74, 6) is 0.565. The summed E-state index contributed by atoms with van der Waals surface area (Å²) in [4.78, 5) is 17.7. The maximum absolute atomic E-state index is 10.2. The molecule has 4 heteroatoms. The van der Waals surface area contributed by atoms with Crippen molar-refractivity contribution in [3.63, 3.8) is 0 Å². The number of aromatic nitrogens is 2. The van der Waals surface area contributed by atoms with Crippen molar-refractivity contribution in [2.75, 3.05) is 0 Å². The van der Waals surface area contributed by atoms with Crippen LogP contribution in [0.3, 0.4) is 0 Å². The molecule has 3 nitrogen and oxygen atoms in total. The van der Waals surface area contributed by atoms with Crippen LogP contribution in [0.4, 0.5) is 0 Å². The molecule has 1 aromatic rings. The molecular formula is C6H5ClN2O. The Balaban J connectivity index is 3.19. The van der Waals surface area contributed by atoms with Crippen LogP contribution in [0.5, 0.6) is 0 Å². The molecule has 0 aliphatic heterocycles. The van der Waals surface area contributed by atoms with Gasteiger partial charge < -0.3 is 0 Å². The quantitative estimate of drug-likeness (QED) is 0.454. The predicted octanol–water partition coefficient (Wildman–Crippen LogP) is 1.25. The number of carbonyl (C=O) groups is 1. The van der Waals surface area contributed by atoms with Gasteiger partial charge in [-0.1, -0.05) is 11.6 Å². The van der Waals surface area contributed by atoms with E-state index in [1.807, 2.05) is 0 Å². The third-order valence-corrected chi connectivity index (χ3v) is 1.32. The van der Waals surface area contributed by atoms with Gasteiger partial charge in [0.25, 0.3) is 0 Å². The van der Waals surface area contributed by atoms with E-state index < -0.39 is 0 Å². The molecule has 0 radical (unpaired) electrons. The second-order valence-corrected chi connectivity index (χ2v) is 2.14. The highest BCUT2D eigenvalue weighted by Crippen LogP contribution is 2.07. The fraction of sp³-hybridized carbons (Fsp3) is 0.167. The van der Waals surface area contributed by atoms with Gasteiger partial charge in [-0.2, -0.15) is 0 Å². The molecule has 0 amide bonds. The second-order valence-electron chi connectivity index (χ2n) is 1.78. The maximum atomic E-state index is 10.2. The molecule has 0 unspecified atom stereocenters. The van der Waals surface area contributed by atoms with Crippen LogP contribution in [0.15, 0.2) is 6.20 Å². The highest BCUT2D eigenvalue weighted by atomic mass is 35.5. The molecular weight excluding hydrogens is 152 g/mol. The fourth-order valence-corrected chi connectivity index (χ4v) is 0.746. The van der Waals surface area contributed by atoms with Crippen molar-refractivity contribution >= 4 is 17.9 Å². The van der Waals surface area contributed by atoms with Crippen molar-refractivity contribution < 1.29 is 4.79 Å². The molecule has 10 heavy (non-hydrogen) atoms. The zero-order valence-corrected chi connectivity index (χ0v) is 6.09. The molecule has 0 fully saturated rings. The summed E-state index contributed by atoms with van der Waals surface area (Å²) in [7, 11) is 0. The maximum Gasteiger partial charge on any atom is 0.154 e. The molecule has 1 heterocycles. The van der Waals surface area contributed by atoms with E-state index >= 15 is 0 Å². The van der Waals surface area contributed by atoms with Crippen LogP contribution in [-0.4, -0.2) is 16.3 Å². The Hall–Kier alpha value is -0.960. The topological polar surface area (TPSA) is 42.9 Å². The van der Waals surface area contributed by atoms with Crippen LogP contribution < -0.4 is 0 Å². The van der Waals surface area contributed by atoms with Crippen molar-refractivity contribution in [1.82, 2.24) is 9.97 Å². The lowest BCUT2D eigenvalue weighted by Crippen LogP contribution is -1.91. The number of hydrogen-bond donors (Lipinski definition) is 0. The summed E-state index contributed by atoms with van der Waals surface area (Å²) in [5.41, 5.74) is 0.326. The minimum atomic E-state index is 0.211. The molecule has 0 bridgehead atoms. The highest BCUT2D eigenvalue weighted by Gasteiger charge is 1.99. The molecule has 0 spiro atoms. The molecule has 0 N–H and O–H groups in total. The first kappa shape index (κ1) is 7.15. The van der Waals surface area contributed by atoms with E-state index in [4.69, 9.17) is 11.6 Å². The van der Waals surface area contributed by atoms with E-state index in [1.165, 1.54) is 6.20 Å². The van der Waals surface area contributed by atoms with E-state index in [0.29, 0.717) is 17.7 Å². The van der Waals surface area contributed by atoms with E-state index in [-0.39, 0.29) is 5.15 Å². The van der Waals surface area contributed by atoms with Gasteiger partial charge in [0.05, 0.1) is 5.56 Å². The van der Waals surface area contributed by atoms with Crippen molar-refractivity contribution in [3.8, 4) is 0 Å². The predicted molar refractivity (Wildman–Crippen MR) is 37.2 cm³/mol. The first-order valence-corrected chi connectivity index (χ1v) is 3.06. The van der Waals surface area contributed by atoms with Gasteiger partial charge in [-0.25, -0.2) is 9.97 Å². The monoisotopic (exact) mass is 156 g/mol. The van der Waals surface area contributed by atoms with Crippen LogP contribution in [0.1, 0.15) is 16.2 Å². The number of aryl methyl sites for hydroxylation is 1. The molecule has 0 aliphatic rings. The number of aldehydes is 1. The standard InChI is InChI=1S/C6H5ClN2O/c1-4-8-2-5(3-10)6(7)9-4/h2-3H,1H3. The highest BCUT2D eigenvalue weighted by molar-refractivity contribution is 6.31. The Morgan fingerprint density at radius 3 is 2.90 bits per heavy atom. The van der Waals surface area contributed by atoms with Crippen molar-refractivity contribution in [1.29, 1.82) is 0 Å². The zero-order chi connectivity index (χ0) is 7.56. The number of carbonyl (C=O) groups excluding carboxylic acids is 1. The van der Waals surface area contributed by atoms with Crippen LogP contribution in [-0.2, 0) is 0 Å². The first-order chi connectivity index (χ1) is 4.74. The van der Waals surface area contributed by atoms with Gasteiger partial charge in [-0.05, 0) is 6.92 Å². The van der Waals surface area contributed by atoms with Gasteiger partial charge in [-0.15, -0.1) is 0 Å². The van der Waals surface area contributed by atoms with Gasteiger partial charge in [0.2, 0.25) is 0 Å². The summed E-state index contributed by atoms with van der Waals surface area (Å²) >= 11 is 5.55. The van der Waals surface area contributed by atoms with Crippen LogP contribution in [0.2, 0.25) is 5.15 Å². The smallest absolute Gasteiger partial charge is 0.154 e. The van der Waals surface area contributed by atoms with Gasteiger partial charge in [0.15, 0.2) is 6.29 Å². The molecule has 1 rings (SSSR count). The van der Waals surface area contributed by atoms with Crippen molar-refractivity contribution in [3.05, 3.63) is 22.7 Å². The summed E-state index contributed by atoms with van der Waals surface area (Å²) in [6, 6.07) is 0. The lowest BCUT2D eigenvalue weighted by Gasteiger charge is -1.93. The van der Waals surface area contributed by atoms with Crippen LogP contribution >= 0.6 is 11.6 Å². The Labute approximate surface area is 63.1 Å². The van der Waals surface area contributed by atoms with E-state index in [1.54, 1.807) is 6.92 Å². The minimum Gasteiger partial charge on any atom is -0.298 e.